The average Bonchev–Trinajstić information content (AvgIpc) is 2.17. The van der Waals surface area contributed by atoms with E-state index in [-0.39, 0.29) is 24.1 Å². The monoisotopic (exact) mass is 270 g/mol. The third-order valence-corrected chi connectivity index (χ3v) is 3.40. The minimum absolute atomic E-state index is 0.0794. The summed E-state index contributed by atoms with van der Waals surface area (Å²) >= 11 is 0. The van der Waals surface area contributed by atoms with Crippen molar-refractivity contribution >= 4 is 21.4 Å². The van der Waals surface area contributed by atoms with Crippen LogP contribution >= 0.6 is 0 Å². The molecule has 0 bridgehead atoms. The molecular weight excluding hydrogens is 252 g/mol. The molecule has 0 aliphatic carbocycles. The number of carbonyl (C=O) groups excluding carboxylic acids is 1. The molecule has 3 N–H and O–H groups in total. The van der Waals surface area contributed by atoms with Gasteiger partial charge in [0.25, 0.3) is 0 Å². The van der Waals surface area contributed by atoms with E-state index in [1.165, 1.54) is 6.26 Å². The zero-order chi connectivity index (χ0) is 13.8. The topological polar surface area (TPSA) is 89.3 Å². The molecule has 0 aliphatic rings. The molecule has 0 spiro atoms. The van der Waals surface area contributed by atoms with Gasteiger partial charge in [0, 0.05) is 18.0 Å². The van der Waals surface area contributed by atoms with Crippen LogP contribution in [0.2, 0.25) is 0 Å². The molecule has 1 atom stereocenters. The number of hydrogen-bond acceptors (Lipinski definition) is 4. The highest BCUT2D eigenvalue weighted by Gasteiger charge is 2.10. The Labute approximate surface area is 107 Å². The number of amides is 1. The predicted molar refractivity (Wildman–Crippen MR) is 72.1 cm³/mol. The van der Waals surface area contributed by atoms with E-state index in [1.54, 1.807) is 31.2 Å². The quantitative estimate of drug-likeness (QED) is 0.790. The smallest absolute Gasteiger partial charge is 0.221 e. The predicted octanol–water partition coefficient (Wildman–Crippen LogP) is 0.559. The zero-order valence-electron chi connectivity index (χ0n) is 10.5. The molecular formula is C12H18N2O3S. The van der Waals surface area contributed by atoms with Crippen LogP contribution in [-0.2, 0) is 21.1 Å². The average molecular weight is 270 g/mol. The Balaban J connectivity index is 2.61. The van der Waals surface area contributed by atoms with Crippen molar-refractivity contribution in [3.05, 3.63) is 29.8 Å². The van der Waals surface area contributed by atoms with E-state index in [0.717, 1.165) is 11.3 Å². The van der Waals surface area contributed by atoms with Crippen molar-refractivity contribution in [3.8, 4) is 0 Å². The van der Waals surface area contributed by atoms with Gasteiger partial charge in [-0.1, -0.05) is 12.1 Å². The van der Waals surface area contributed by atoms with Crippen molar-refractivity contribution in [3.63, 3.8) is 0 Å². The van der Waals surface area contributed by atoms with Gasteiger partial charge in [0.1, 0.15) is 9.84 Å². The summed E-state index contributed by atoms with van der Waals surface area (Å²) in [6, 6.07) is 7.02. The Hall–Kier alpha value is -1.56. The summed E-state index contributed by atoms with van der Waals surface area (Å²) in [7, 11) is -2.99. The number of nitrogens with one attached hydrogen (secondary N) is 1. The second kappa shape index (κ2) is 5.86. The Morgan fingerprint density at radius 2 is 1.89 bits per heavy atom. The summed E-state index contributed by atoms with van der Waals surface area (Å²) in [5.41, 5.74) is 6.75. The molecule has 1 aromatic carbocycles. The van der Waals surface area contributed by atoms with Crippen molar-refractivity contribution in [2.24, 2.45) is 5.73 Å². The van der Waals surface area contributed by atoms with Gasteiger partial charge in [-0.25, -0.2) is 8.42 Å². The van der Waals surface area contributed by atoms with Crippen LogP contribution < -0.4 is 11.1 Å². The molecule has 0 saturated carbocycles. The fourth-order valence-corrected chi connectivity index (χ4v) is 2.69. The third-order valence-electron chi connectivity index (χ3n) is 2.30. The lowest BCUT2D eigenvalue weighted by molar-refractivity contribution is -0.117. The number of rotatable bonds is 6. The van der Waals surface area contributed by atoms with Gasteiger partial charge < -0.3 is 11.1 Å². The van der Waals surface area contributed by atoms with Crippen LogP contribution in [0, 0.1) is 0 Å². The van der Waals surface area contributed by atoms with E-state index in [0.29, 0.717) is 0 Å². The van der Waals surface area contributed by atoms with Gasteiger partial charge in [-0.05, 0) is 24.6 Å². The maximum Gasteiger partial charge on any atom is 0.221 e. The number of carbonyl (C=O) groups is 1. The van der Waals surface area contributed by atoms with Crippen LogP contribution in [0.1, 0.15) is 12.5 Å². The molecule has 1 unspecified atom stereocenters. The highest BCUT2D eigenvalue weighted by atomic mass is 32.2. The van der Waals surface area contributed by atoms with Gasteiger partial charge in [0.2, 0.25) is 5.91 Å². The molecule has 1 aromatic rings. The molecule has 0 aromatic heterocycles. The van der Waals surface area contributed by atoms with Crippen LogP contribution in [-0.4, -0.2) is 32.4 Å². The number of primary amides is 1. The Kier molecular flexibility index (Phi) is 4.72. The molecule has 6 heteroatoms. The molecule has 0 radical (unpaired) electrons. The van der Waals surface area contributed by atoms with E-state index in [9.17, 15) is 13.2 Å². The first-order valence-corrected chi connectivity index (χ1v) is 7.64. The van der Waals surface area contributed by atoms with E-state index in [4.69, 9.17) is 5.73 Å². The van der Waals surface area contributed by atoms with E-state index in [1.807, 2.05) is 0 Å². The van der Waals surface area contributed by atoms with Gasteiger partial charge in [-0.2, -0.15) is 0 Å². The highest BCUT2D eigenvalue weighted by Crippen LogP contribution is 2.11. The minimum atomic E-state index is -2.99. The fourth-order valence-electron chi connectivity index (χ4n) is 1.70. The first-order chi connectivity index (χ1) is 8.26. The van der Waals surface area contributed by atoms with Gasteiger partial charge in [-0.15, -0.1) is 0 Å². The number of anilines is 1. The molecule has 1 rings (SSSR count). The van der Waals surface area contributed by atoms with E-state index >= 15 is 0 Å². The van der Waals surface area contributed by atoms with Gasteiger partial charge >= 0.3 is 0 Å². The SMILES string of the molecule is CC(CS(C)(=O)=O)Nc1ccc(CC(N)=O)cc1. The lowest BCUT2D eigenvalue weighted by Gasteiger charge is -2.14. The van der Waals surface area contributed by atoms with Crippen molar-refractivity contribution in [1.29, 1.82) is 0 Å². The Morgan fingerprint density at radius 3 is 2.33 bits per heavy atom. The first kappa shape index (κ1) is 14.5. The second-order valence-electron chi connectivity index (χ2n) is 4.48. The van der Waals surface area contributed by atoms with Crippen molar-refractivity contribution in [2.75, 3.05) is 17.3 Å². The molecule has 0 heterocycles. The van der Waals surface area contributed by atoms with Crippen LogP contribution in [0.4, 0.5) is 5.69 Å². The maximum absolute atomic E-state index is 11.1. The van der Waals surface area contributed by atoms with Crippen LogP contribution in [0.25, 0.3) is 0 Å². The second-order valence-corrected chi connectivity index (χ2v) is 6.66. The molecule has 5 nitrogen and oxygen atoms in total. The zero-order valence-corrected chi connectivity index (χ0v) is 11.3. The number of benzene rings is 1. The number of sulfone groups is 1. The highest BCUT2D eigenvalue weighted by molar-refractivity contribution is 7.90. The lowest BCUT2D eigenvalue weighted by Crippen LogP contribution is -2.24. The summed E-state index contributed by atoms with van der Waals surface area (Å²) in [6.07, 6.45) is 1.42. The van der Waals surface area contributed by atoms with Gasteiger partial charge in [0.05, 0.1) is 12.2 Å². The third kappa shape index (κ3) is 5.67. The lowest BCUT2D eigenvalue weighted by atomic mass is 10.1. The summed E-state index contributed by atoms with van der Waals surface area (Å²) in [5, 5.41) is 3.08. The molecule has 0 aliphatic heterocycles. The molecule has 0 saturated heterocycles. The van der Waals surface area contributed by atoms with Crippen LogP contribution in [0.15, 0.2) is 24.3 Å². The van der Waals surface area contributed by atoms with Gasteiger partial charge in [-0.3, -0.25) is 4.79 Å². The molecule has 0 fully saturated rings. The largest absolute Gasteiger partial charge is 0.382 e. The van der Waals surface area contributed by atoms with Gasteiger partial charge in [0.15, 0.2) is 0 Å². The van der Waals surface area contributed by atoms with Crippen molar-refractivity contribution < 1.29 is 13.2 Å². The fraction of sp³-hybridized carbons (Fsp3) is 0.417. The Morgan fingerprint density at radius 1 is 1.33 bits per heavy atom. The molecule has 100 valence electrons. The summed E-state index contributed by atoms with van der Waals surface area (Å²) in [4.78, 5) is 10.7. The standard InChI is InChI=1S/C12H18N2O3S/c1-9(8-18(2,16)17)14-11-5-3-10(4-6-11)7-12(13)15/h3-6,9,14H,7-8H2,1-2H3,(H2,13,15). The summed E-state index contributed by atoms with van der Waals surface area (Å²) in [6.45, 7) is 1.80. The van der Waals surface area contributed by atoms with Crippen molar-refractivity contribution in [2.45, 2.75) is 19.4 Å². The Bertz CT molecular complexity index is 509. The van der Waals surface area contributed by atoms with Crippen molar-refractivity contribution in [1.82, 2.24) is 0 Å². The molecule has 18 heavy (non-hydrogen) atoms. The normalized spacial score (nSPS) is 13.0. The van der Waals surface area contributed by atoms with Crippen LogP contribution in [0.3, 0.4) is 0 Å². The maximum atomic E-state index is 11.1. The molecule has 1 amide bonds. The summed E-state index contributed by atoms with van der Waals surface area (Å²) < 4.78 is 22.2. The summed E-state index contributed by atoms with van der Waals surface area (Å²) in [5.74, 6) is -0.295. The first-order valence-electron chi connectivity index (χ1n) is 5.58. The van der Waals surface area contributed by atoms with E-state index < -0.39 is 9.84 Å². The van der Waals surface area contributed by atoms with E-state index in [2.05, 4.69) is 5.32 Å². The number of nitrogens with two attached hydrogens (primary N) is 1. The minimum Gasteiger partial charge on any atom is -0.382 e. The number of hydrogen-bond donors (Lipinski definition) is 2. The van der Waals surface area contributed by atoms with Crippen LogP contribution in [0.5, 0.6) is 0 Å².